The maximum absolute atomic E-state index is 12.9. The summed E-state index contributed by atoms with van der Waals surface area (Å²) in [5, 5.41) is 14.6. The zero-order valence-corrected chi connectivity index (χ0v) is 15.5. The van der Waals surface area contributed by atoms with Crippen molar-refractivity contribution in [2.45, 2.75) is 44.2 Å². The zero-order valence-electron chi connectivity index (χ0n) is 13.9. The standard InChI is InChI=1S/C18H21ClN4O.ClH/c19-13-5-3-4-12(10-13)18(7-1-2-8-18)21-17(24)16-14-11-20-9-6-15(14)22-23-16;/h3-5,10,20H,1-2,6-9,11H2,(H,21,24)(H,22,23);1H. The molecule has 1 fully saturated rings. The number of amides is 1. The van der Waals surface area contributed by atoms with E-state index in [0.717, 1.165) is 55.5 Å². The first-order chi connectivity index (χ1) is 11.7. The molecule has 2 heterocycles. The van der Waals surface area contributed by atoms with Gasteiger partial charge in [0.25, 0.3) is 5.91 Å². The predicted octanol–water partition coefficient (Wildman–Crippen LogP) is 3.33. The van der Waals surface area contributed by atoms with Crippen LogP contribution in [0, 0.1) is 0 Å². The average molecular weight is 381 g/mol. The highest BCUT2D eigenvalue weighted by Gasteiger charge is 2.38. The minimum Gasteiger partial charge on any atom is -0.341 e. The lowest BCUT2D eigenvalue weighted by Crippen LogP contribution is -2.44. The van der Waals surface area contributed by atoms with Crippen LogP contribution >= 0.6 is 24.0 Å². The number of rotatable bonds is 3. The molecule has 2 aliphatic rings. The van der Waals surface area contributed by atoms with Crippen molar-refractivity contribution in [3.05, 3.63) is 51.8 Å². The van der Waals surface area contributed by atoms with Crippen LogP contribution in [0.4, 0.5) is 0 Å². The van der Waals surface area contributed by atoms with E-state index >= 15 is 0 Å². The molecule has 0 saturated heterocycles. The first kappa shape index (κ1) is 18.2. The van der Waals surface area contributed by atoms with Crippen LogP contribution < -0.4 is 10.6 Å². The van der Waals surface area contributed by atoms with E-state index in [1.54, 1.807) is 0 Å². The fourth-order valence-electron chi connectivity index (χ4n) is 3.94. The van der Waals surface area contributed by atoms with Gasteiger partial charge in [-0.15, -0.1) is 12.4 Å². The molecule has 1 aromatic heterocycles. The number of H-pyrrole nitrogens is 1. The molecule has 1 amide bonds. The summed E-state index contributed by atoms with van der Waals surface area (Å²) in [6, 6.07) is 7.84. The minimum atomic E-state index is -0.337. The lowest BCUT2D eigenvalue weighted by atomic mass is 9.88. The van der Waals surface area contributed by atoms with Gasteiger partial charge in [-0.1, -0.05) is 36.6 Å². The highest BCUT2D eigenvalue weighted by Crippen LogP contribution is 2.39. The lowest BCUT2D eigenvalue weighted by molar-refractivity contribution is 0.0891. The Kier molecular flexibility index (Phi) is 5.37. The molecule has 0 unspecified atom stereocenters. The molecule has 0 radical (unpaired) electrons. The predicted molar refractivity (Wildman–Crippen MR) is 100 cm³/mol. The summed E-state index contributed by atoms with van der Waals surface area (Å²) in [7, 11) is 0. The number of fused-ring (bicyclic) bond motifs is 1. The van der Waals surface area contributed by atoms with Crippen LogP contribution in [0.1, 0.15) is 53.0 Å². The largest absolute Gasteiger partial charge is 0.341 e. The van der Waals surface area contributed by atoms with Gasteiger partial charge in [0.15, 0.2) is 5.69 Å². The normalized spacial score (nSPS) is 18.3. The smallest absolute Gasteiger partial charge is 0.272 e. The van der Waals surface area contributed by atoms with E-state index in [4.69, 9.17) is 11.6 Å². The van der Waals surface area contributed by atoms with Crippen LogP contribution in [0.15, 0.2) is 24.3 Å². The average Bonchev–Trinajstić information content (AvgIpc) is 3.22. The Morgan fingerprint density at radius 1 is 1.28 bits per heavy atom. The van der Waals surface area contributed by atoms with Crippen molar-refractivity contribution in [2.75, 3.05) is 6.54 Å². The van der Waals surface area contributed by atoms with Gasteiger partial charge in [-0.05, 0) is 30.5 Å². The van der Waals surface area contributed by atoms with Gasteiger partial charge in [-0.3, -0.25) is 9.89 Å². The third-order valence-electron chi connectivity index (χ3n) is 5.21. The van der Waals surface area contributed by atoms with Gasteiger partial charge in [-0.25, -0.2) is 0 Å². The Balaban J connectivity index is 0.00000182. The first-order valence-corrected chi connectivity index (χ1v) is 8.91. The van der Waals surface area contributed by atoms with Crippen molar-refractivity contribution in [1.82, 2.24) is 20.8 Å². The number of hydrogen-bond donors (Lipinski definition) is 3. The van der Waals surface area contributed by atoms with Gasteiger partial charge in [0.2, 0.25) is 0 Å². The number of carbonyl (C=O) groups is 1. The van der Waals surface area contributed by atoms with Crippen LogP contribution in [-0.4, -0.2) is 22.6 Å². The van der Waals surface area contributed by atoms with E-state index in [1.807, 2.05) is 18.2 Å². The fraction of sp³-hybridized carbons (Fsp3) is 0.444. The summed E-state index contributed by atoms with van der Waals surface area (Å²) < 4.78 is 0. The first-order valence-electron chi connectivity index (χ1n) is 8.53. The molecule has 1 aliphatic heterocycles. The highest BCUT2D eigenvalue weighted by molar-refractivity contribution is 6.30. The van der Waals surface area contributed by atoms with E-state index < -0.39 is 0 Å². The summed E-state index contributed by atoms with van der Waals surface area (Å²) >= 11 is 6.18. The minimum absolute atomic E-state index is 0. The lowest BCUT2D eigenvalue weighted by Gasteiger charge is -2.31. The van der Waals surface area contributed by atoms with Crippen LogP contribution in [0.5, 0.6) is 0 Å². The quantitative estimate of drug-likeness (QED) is 0.764. The van der Waals surface area contributed by atoms with Crippen LogP contribution in [0.2, 0.25) is 5.02 Å². The Labute approximate surface area is 158 Å². The van der Waals surface area contributed by atoms with Gasteiger partial charge < -0.3 is 10.6 Å². The summed E-state index contributed by atoms with van der Waals surface area (Å²) in [5.41, 5.74) is 3.34. The SMILES string of the molecule is Cl.O=C(NC1(c2cccc(Cl)c2)CCCC1)c1n[nH]c2c1CNCC2. The van der Waals surface area contributed by atoms with E-state index in [1.165, 1.54) is 0 Å². The Morgan fingerprint density at radius 3 is 2.84 bits per heavy atom. The summed E-state index contributed by atoms with van der Waals surface area (Å²) in [6.07, 6.45) is 4.96. The number of aromatic nitrogens is 2. The second kappa shape index (κ2) is 7.36. The molecule has 2 aromatic rings. The molecule has 134 valence electrons. The number of carbonyl (C=O) groups excluding carboxylic acids is 1. The Morgan fingerprint density at radius 2 is 2.08 bits per heavy atom. The number of benzene rings is 1. The van der Waals surface area contributed by atoms with Crippen LogP contribution in [0.25, 0.3) is 0 Å². The summed E-state index contributed by atoms with van der Waals surface area (Å²) in [6.45, 7) is 1.61. The Hall–Kier alpha value is -1.56. The van der Waals surface area contributed by atoms with Crippen molar-refractivity contribution in [2.24, 2.45) is 0 Å². The molecule has 0 atom stereocenters. The van der Waals surface area contributed by atoms with Gasteiger partial charge >= 0.3 is 0 Å². The monoisotopic (exact) mass is 380 g/mol. The molecule has 0 bridgehead atoms. The molecule has 7 heteroatoms. The zero-order chi connectivity index (χ0) is 16.6. The number of halogens is 2. The summed E-state index contributed by atoms with van der Waals surface area (Å²) in [4.78, 5) is 12.9. The number of hydrogen-bond acceptors (Lipinski definition) is 3. The molecule has 5 nitrogen and oxygen atoms in total. The van der Waals surface area contributed by atoms with Crippen molar-refractivity contribution in [3.8, 4) is 0 Å². The van der Waals surface area contributed by atoms with E-state index in [2.05, 4.69) is 26.9 Å². The van der Waals surface area contributed by atoms with Crippen LogP contribution in [0.3, 0.4) is 0 Å². The molecule has 1 aromatic carbocycles. The molecule has 1 aliphatic carbocycles. The summed E-state index contributed by atoms with van der Waals surface area (Å²) in [5.74, 6) is -0.0990. The third-order valence-corrected chi connectivity index (χ3v) is 5.44. The molecule has 4 rings (SSSR count). The van der Waals surface area contributed by atoms with E-state index in [0.29, 0.717) is 17.3 Å². The maximum atomic E-state index is 12.9. The topological polar surface area (TPSA) is 69.8 Å². The molecule has 0 spiro atoms. The van der Waals surface area contributed by atoms with E-state index in [9.17, 15) is 4.79 Å². The van der Waals surface area contributed by atoms with E-state index in [-0.39, 0.29) is 23.9 Å². The second-order valence-electron chi connectivity index (χ2n) is 6.71. The van der Waals surface area contributed by atoms with Gasteiger partial charge in [0.1, 0.15) is 0 Å². The third kappa shape index (κ3) is 3.41. The molecule has 3 N–H and O–H groups in total. The van der Waals surface area contributed by atoms with Crippen molar-refractivity contribution < 1.29 is 4.79 Å². The van der Waals surface area contributed by atoms with Gasteiger partial charge in [0, 0.05) is 35.8 Å². The number of nitrogens with one attached hydrogen (secondary N) is 3. The number of nitrogens with zero attached hydrogens (tertiary/aromatic N) is 1. The molecule has 1 saturated carbocycles. The Bertz CT molecular complexity index is 768. The number of aromatic amines is 1. The van der Waals surface area contributed by atoms with Gasteiger partial charge in [-0.2, -0.15) is 5.10 Å². The highest BCUT2D eigenvalue weighted by atomic mass is 35.5. The second-order valence-corrected chi connectivity index (χ2v) is 7.15. The molecular formula is C18H22Cl2N4O. The van der Waals surface area contributed by atoms with Gasteiger partial charge in [0.05, 0.1) is 5.54 Å². The van der Waals surface area contributed by atoms with Crippen molar-refractivity contribution >= 4 is 29.9 Å². The van der Waals surface area contributed by atoms with Crippen molar-refractivity contribution in [3.63, 3.8) is 0 Å². The maximum Gasteiger partial charge on any atom is 0.272 e. The van der Waals surface area contributed by atoms with Crippen LogP contribution in [-0.2, 0) is 18.5 Å². The van der Waals surface area contributed by atoms with Crippen molar-refractivity contribution in [1.29, 1.82) is 0 Å². The molecular weight excluding hydrogens is 359 g/mol. The molecule has 25 heavy (non-hydrogen) atoms. The fourth-order valence-corrected chi connectivity index (χ4v) is 4.13.